The van der Waals surface area contributed by atoms with E-state index in [-0.39, 0.29) is 11.4 Å². The van der Waals surface area contributed by atoms with Gasteiger partial charge in [-0.1, -0.05) is 15.9 Å². The molecule has 1 nitrogen and oxygen atoms in total. The molecule has 13 heavy (non-hydrogen) atoms. The van der Waals surface area contributed by atoms with Gasteiger partial charge in [0, 0.05) is 4.47 Å². The number of aliphatic hydroxyl groups is 1. The first-order valence-corrected chi connectivity index (χ1v) is 4.77. The van der Waals surface area contributed by atoms with Crippen molar-refractivity contribution in [3.05, 3.63) is 33.8 Å². The Morgan fingerprint density at radius 3 is 2.46 bits per heavy atom. The molecule has 0 radical (unpaired) electrons. The minimum atomic E-state index is -0.998. The van der Waals surface area contributed by atoms with Gasteiger partial charge in [-0.2, -0.15) is 0 Å². The van der Waals surface area contributed by atoms with E-state index in [9.17, 15) is 13.9 Å². The van der Waals surface area contributed by atoms with E-state index in [4.69, 9.17) is 11.6 Å². The van der Waals surface area contributed by atoms with Crippen LogP contribution in [-0.2, 0) is 0 Å². The van der Waals surface area contributed by atoms with Gasteiger partial charge in [-0.3, -0.25) is 0 Å². The van der Waals surface area contributed by atoms with Crippen LogP contribution in [0.4, 0.5) is 8.78 Å². The number of hydrogen-bond acceptors (Lipinski definition) is 1. The van der Waals surface area contributed by atoms with E-state index >= 15 is 0 Å². The van der Waals surface area contributed by atoms with Gasteiger partial charge in [0.2, 0.25) is 0 Å². The van der Waals surface area contributed by atoms with Crippen molar-refractivity contribution >= 4 is 27.5 Å². The molecular formula is C8H6BrClF2O. The minimum Gasteiger partial charge on any atom is -0.387 e. The first kappa shape index (κ1) is 10.9. The van der Waals surface area contributed by atoms with Gasteiger partial charge in [0.25, 0.3) is 0 Å². The normalized spacial score (nSPS) is 13.0. The standard InChI is InChI=1S/C8H6BrClF2O/c9-5-2-7(12)6(11)1-4(5)8(13)3-10/h1-2,8,13H,3H2/t8-/m0/s1. The highest BCUT2D eigenvalue weighted by Gasteiger charge is 2.14. The predicted molar refractivity (Wildman–Crippen MR) is 49.7 cm³/mol. The van der Waals surface area contributed by atoms with Crippen LogP contribution in [0.5, 0.6) is 0 Å². The van der Waals surface area contributed by atoms with E-state index in [2.05, 4.69) is 15.9 Å². The highest BCUT2D eigenvalue weighted by atomic mass is 79.9. The molecule has 5 heteroatoms. The van der Waals surface area contributed by atoms with Crippen LogP contribution in [0.2, 0.25) is 0 Å². The lowest BCUT2D eigenvalue weighted by molar-refractivity contribution is 0.201. The van der Waals surface area contributed by atoms with Crippen molar-refractivity contribution in [2.24, 2.45) is 0 Å². The molecule has 0 bridgehead atoms. The fourth-order valence-corrected chi connectivity index (χ4v) is 1.62. The second-order valence-electron chi connectivity index (χ2n) is 2.46. The van der Waals surface area contributed by atoms with E-state index in [1.54, 1.807) is 0 Å². The molecule has 0 aliphatic rings. The summed E-state index contributed by atoms with van der Waals surface area (Å²) < 4.78 is 25.6. The maximum atomic E-state index is 12.7. The SMILES string of the molecule is O[C@@H](CCl)c1cc(F)c(F)cc1Br. The Morgan fingerprint density at radius 2 is 1.92 bits per heavy atom. The summed E-state index contributed by atoms with van der Waals surface area (Å²) in [4.78, 5) is 0. The third-order valence-corrected chi connectivity index (χ3v) is 2.52. The number of alkyl halides is 1. The maximum absolute atomic E-state index is 12.7. The molecule has 1 aromatic rings. The Hall–Kier alpha value is -0.190. The molecule has 0 saturated heterocycles. The second kappa shape index (κ2) is 4.35. The molecule has 0 heterocycles. The minimum absolute atomic E-state index is 0.0658. The van der Waals surface area contributed by atoms with Crippen molar-refractivity contribution in [1.29, 1.82) is 0 Å². The van der Waals surface area contributed by atoms with Crippen molar-refractivity contribution in [3.63, 3.8) is 0 Å². The van der Waals surface area contributed by atoms with E-state index in [0.717, 1.165) is 12.1 Å². The van der Waals surface area contributed by atoms with Crippen LogP contribution in [0.15, 0.2) is 16.6 Å². The Kier molecular flexibility index (Phi) is 3.64. The zero-order valence-electron chi connectivity index (χ0n) is 6.40. The van der Waals surface area contributed by atoms with Crippen LogP contribution in [0.1, 0.15) is 11.7 Å². The number of aliphatic hydroxyl groups excluding tert-OH is 1. The summed E-state index contributed by atoms with van der Waals surface area (Å²) in [5.74, 6) is -2.02. The molecule has 0 spiro atoms. The van der Waals surface area contributed by atoms with E-state index < -0.39 is 17.7 Å². The van der Waals surface area contributed by atoms with Gasteiger partial charge in [-0.25, -0.2) is 8.78 Å². The van der Waals surface area contributed by atoms with Crippen LogP contribution in [0.25, 0.3) is 0 Å². The van der Waals surface area contributed by atoms with Crippen molar-refractivity contribution in [2.45, 2.75) is 6.10 Å². The summed E-state index contributed by atoms with van der Waals surface area (Å²) in [6.07, 6.45) is -0.994. The van der Waals surface area contributed by atoms with Gasteiger partial charge >= 0.3 is 0 Å². The Morgan fingerprint density at radius 1 is 1.38 bits per heavy atom. The summed E-state index contributed by atoms with van der Waals surface area (Å²) in [7, 11) is 0. The third kappa shape index (κ3) is 2.39. The lowest BCUT2D eigenvalue weighted by Crippen LogP contribution is -2.01. The topological polar surface area (TPSA) is 20.2 Å². The summed E-state index contributed by atoms with van der Waals surface area (Å²) in [6, 6.07) is 1.88. The smallest absolute Gasteiger partial charge is 0.159 e. The average Bonchev–Trinajstić information content (AvgIpc) is 2.10. The van der Waals surface area contributed by atoms with Crippen LogP contribution in [-0.4, -0.2) is 11.0 Å². The fraction of sp³-hybridized carbons (Fsp3) is 0.250. The zero-order chi connectivity index (χ0) is 10.0. The van der Waals surface area contributed by atoms with Gasteiger partial charge in [0.1, 0.15) is 0 Å². The number of benzene rings is 1. The molecule has 0 aliphatic heterocycles. The van der Waals surface area contributed by atoms with Crippen LogP contribution in [0, 0.1) is 11.6 Å². The molecule has 0 amide bonds. The molecule has 1 rings (SSSR count). The first-order chi connectivity index (χ1) is 6.06. The van der Waals surface area contributed by atoms with Gasteiger partial charge in [-0.15, -0.1) is 11.6 Å². The van der Waals surface area contributed by atoms with Crippen molar-refractivity contribution in [2.75, 3.05) is 5.88 Å². The molecule has 0 aromatic heterocycles. The monoisotopic (exact) mass is 270 g/mol. The highest BCUT2D eigenvalue weighted by Crippen LogP contribution is 2.26. The predicted octanol–water partition coefficient (Wildman–Crippen LogP) is 3.00. The average molecular weight is 271 g/mol. The third-order valence-electron chi connectivity index (χ3n) is 1.54. The van der Waals surface area contributed by atoms with Crippen molar-refractivity contribution in [1.82, 2.24) is 0 Å². The molecule has 72 valence electrons. The van der Waals surface area contributed by atoms with E-state index in [0.29, 0.717) is 4.47 Å². The molecule has 0 fully saturated rings. The van der Waals surface area contributed by atoms with Crippen LogP contribution < -0.4 is 0 Å². The highest BCUT2D eigenvalue weighted by molar-refractivity contribution is 9.10. The Labute approximate surface area is 87.5 Å². The van der Waals surface area contributed by atoms with Gasteiger partial charge in [-0.05, 0) is 17.7 Å². The largest absolute Gasteiger partial charge is 0.387 e. The fourth-order valence-electron chi connectivity index (χ4n) is 0.876. The lowest BCUT2D eigenvalue weighted by atomic mass is 10.1. The Bertz CT molecular complexity index is 319. The van der Waals surface area contributed by atoms with Gasteiger partial charge in [0.05, 0.1) is 12.0 Å². The van der Waals surface area contributed by atoms with E-state index in [1.165, 1.54) is 0 Å². The summed E-state index contributed by atoms with van der Waals surface area (Å²) in [5, 5.41) is 9.27. The second-order valence-corrected chi connectivity index (χ2v) is 3.62. The number of hydrogen-bond donors (Lipinski definition) is 1. The van der Waals surface area contributed by atoms with E-state index in [1.807, 2.05) is 0 Å². The first-order valence-electron chi connectivity index (χ1n) is 3.44. The molecule has 0 aliphatic carbocycles. The van der Waals surface area contributed by atoms with Crippen molar-refractivity contribution < 1.29 is 13.9 Å². The Balaban J connectivity index is 3.15. The summed E-state index contributed by atoms with van der Waals surface area (Å²) in [5.41, 5.74) is 0.244. The van der Waals surface area contributed by atoms with Gasteiger partial charge < -0.3 is 5.11 Å². The maximum Gasteiger partial charge on any atom is 0.159 e. The molecule has 1 N–H and O–H groups in total. The molecule has 0 unspecified atom stereocenters. The molecule has 1 aromatic carbocycles. The zero-order valence-corrected chi connectivity index (χ0v) is 8.74. The number of halogens is 4. The lowest BCUT2D eigenvalue weighted by Gasteiger charge is -2.09. The number of rotatable bonds is 2. The summed E-state index contributed by atoms with van der Waals surface area (Å²) >= 11 is 8.36. The van der Waals surface area contributed by atoms with Crippen molar-refractivity contribution in [3.8, 4) is 0 Å². The summed E-state index contributed by atoms with van der Waals surface area (Å²) in [6.45, 7) is 0. The van der Waals surface area contributed by atoms with Crippen LogP contribution >= 0.6 is 27.5 Å². The van der Waals surface area contributed by atoms with Crippen LogP contribution in [0.3, 0.4) is 0 Å². The molecule has 0 saturated carbocycles. The molecule has 1 atom stereocenters. The van der Waals surface area contributed by atoms with Gasteiger partial charge in [0.15, 0.2) is 11.6 Å². The quantitative estimate of drug-likeness (QED) is 0.647. The molecular weight excluding hydrogens is 265 g/mol.